The van der Waals surface area contributed by atoms with Crippen molar-refractivity contribution < 1.29 is 14.4 Å². The molecule has 2 aromatic carbocycles. The number of hydrogen-bond acceptors (Lipinski definition) is 3. The molecule has 144 valence electrons. The van der Waals surface area contributed by atoms with Gasteiger partial charge in [0.15, 0.2) is 0 Å². The van der Waals surface area contributed by atoms with E-state index in [-0.39, 0.29) is 30.2 Å². The number of carbonyl (C=O) groups is 3. The standard InChI is InChI=1S/C22H23N3O3/c1-14-7-8-15(21(27)23-17-9-10-17)11-19(14)24-22(28)16-12-20(26)25(13-16)18-5-3-2-4-6-18/h2-8,11,16-17H,9-10,12-13H2,1H3,(H,23,27)(H,24,28)/t16-/m1/s1. The molecule has 28 heavy (non-hydrogen) atoms. The highest BCUT2D eigenvalue weighted by atomic mass is 16.2. The van der Waals surface area contributed by atoms with E-state index in [1.165, 1.54) is 0 Å². The molecule has 0 radical (unpaired) electrons. The van der Waals surface area contributed by atoms with Crippen molar-refractivity contribution in [3.8, 4) is 0 Å². The second kappa shape index (κ2) is 7.46. The number of hydrogen-bond donors (Lipinski definition) is 2. The van der Waals surface area contributed by atoms with Gasteiger partial charge in [0.05, 0.1) is 5.92 Å². The van der Waals surface area contributed by atoms with Gasteiger partial charge in [0.1, 0.15) is 0 Å². The lowest BCUT2D eigenvalue weighted by Gasteiger charge is -2.17. The van der Waals surface area contributed by atoms with Crippen molar-refractivity contribution in [3.63, 3.8) is 0 Å². The molecule has 1 atom stereocenters. The number of nitrogens with one attached hydrogen (secondary N) is 2. The Bertz CT molecular complexity index is 922. The van der Waals surface area contributed by atoms with Crippen LogP contribution in [0.3, 0.4) is 0 Å². The topological polar surface area (TPSA) is 78.5 Å². The normalized spacial score (nSPS) is 18.8. The molecule has 0 spiro atoms. The van der Waals surface area contributed by atoms with E-state index in [1.54, 1.807) is 17.0 Å². The summed E-state index contributed by atoms with van der Waals surface area (Å²) in [7, 11) is 0. The highest BCUT2D eigenvalue weighted by Gasteiger charge is 2.35. The Hall–Kier alpha value is -3.15. The zero-order valence-corrected chi connectivity index (χ0v) is 15.8. The quantitative estimate of drug-likeness (QED) is 0.841. The first-order valence-corrected chi connectivity index (χ1v) is 9.59. The maximum Gasteiger partial charge on any atom is 0.251 e. The van der Waals surface area contributed by atoms with Crippen LogP contribution in [0, 0.1) is 12.8 Å². The van der Waals surface area contributed by atoms with Gasteiger partial charge in [-0.2, -0.15) is 0 Å². The molecule has 1 aliphatic heterocycles. The average Bonchev–Trinajstić information content (AvgIpc) is 3.42. The maximum absolute atomic E-state index is 12.8. The highest BCUT2D eigenvalue weighted by molar-refractivity contribution is 6.04. The van der Waals surface area contributed by atoms with Crippen LogP contribution in [0.15, 0.2) is 48.5 Å². The van der Waals surface area contributed by atoms with Crippen LogP contribution in [0.5, 0.6) is 0 Å². The van der Waals surface area contributed by atoms with Crippen molar-refractivity contribution in [2.24, 2.45) is 5.92 Å². The SMILES string of the molecule is Cc1ccc(C(=O)NC2CC2)cc1NC(=O)[C@@H]1CC(=O)N(c2ccccc2)C1. The van der Waals surface area contributed by atoms with E-state index in [9.17, 15) is 14.4 Å². The third kappa shape index (κ3) is 3.91. The third-order valence-electron chi connectivity index (χ3n) is 5.23. The van der Waals surface area contributed by atoms with Gasteiger partial charge in [-0.15, -0.1) is 0 Å². The molecule has 2 aromatic rings. The fourth-order valence-electron chi connectivity index (χ4n) is 3.37. The lowest BCUT2D eigenvalue weighted by atomic mass is 10.1. The minimum absolute atomic E-state index is 0.0550. The zero-order chi connectivity index (χ0) is 19.7. The van der Waals surface area contributed by atoms with E-state index in [0.717, 1.165) is 24.1 Å². The van der Waals surface area contributed by atoms with Gasteiger partial charge < -0.3 is 15.5 Å². The number of para-hydroxylation sites is 1. The van der Waals surface area contributed by atoms with Gasteiger partial charge in [-0.1, -0.05) is 24.3 Å². The maximum atomic E-state index is 12.8. The van der Waals surface area contributed by atoms with Crippen molar-refractivity contribution >= 4 is 29.1 Å². The number of benzene rings is 2. The number of anilines is 2. The van der Waals surface area contributed by atoms with Crippen LogP contribution in [-0.4, -0.2) is 30.3 Å². The summed E-state index contributed by atoms with van der Waals surface area (Å²) in [5.41, 5.74) is 2.82. The lowest BCUT2D eigenvalue weighted by Crippen LogP contribution is -2.28. The molecule has 3 amide bonds. The Balaban J connectivity index is 1.45. The van der Waals surface area contributed by atoms with E-state index >= 15 is 0 Å². The molecule has 1 aliphatic carbocycles. The van der Waals surface area contributed by atoms with Crippen molar-refractivity contribution in [1.29, 1.82) is 0 Å². The second-order valence-corrected chi connectivity index (χ2v) is 7.51. The summed E-state index contributed by atoms with van der Waals surface area (Å²) >= 11 is 0. The van der Waals surface area contributed by atoms with Crippen LogP contribution in [0.25, 0.3) is 0 Å². The van der Waals surface area contributed by atoms with Crippen LogP contribution in [-0.2, 0) is 9.59 Å². The van der Waals surface area contributed by atoms with Gasteiger partial charge in [-0.05, 0) is 49.6 Å². The van der Waals surface area contributed by atoms with Crippen LogP contribution < -0.4 is 15.5 Å². The number of aryl methyl sites for hydroxylation is 1. The predicted molar refractivity (Wildman–Crippen MR) is 107 cm³/mol. The molecule has 4 rings (SSSR count). The minimum atomic E-state index is -0.420. The molecule has 0 unspecified atom stereocenters. The summed E-state index contributed by atoms with van der Waals surface area (Å²) in [5.74, 6) is -0.796. The smallest absolute Gasteiger partial charge is 0.251 e. The van der Waals surface area contributed by atoms with Gasteiger partial charge in [0.2, 0.25) is 11.8 Å². The Labute approximate surface area is 163 Å². The van der Waals surface area contributed by atoms with Crippen molar-refractivity contribution in [2.45, 2.75) is 32.2 Å². The molecule has 1 saturated heterocycles. The van der Waals surface area contributed by atoms with E-state index in [4.69, 9.17) is 0 Å². The predicted octanol–water partition coefficient (Wildman–Crippen LogP) is 2.88. The Morgan fingerprint density at radius 3 is 2.54 bits per heavy atom. The van der Waals surface area contributed by atoms with Crippen LogP contribution in [0.1, 0.15) is 35.2 Å². The molecule has 1 saturated carbocycles. The monoisotopic (exact) mass is 377 g/mol. The van der Waals surface area contributed by atoms with Crippen molar-refractivity contribution in [3.05, 3.63) is 59.7 Å². The third-order valence-corrected chi connectivity index (χ3v) is 5.23. The summed E-state index contributed by atoms with van der Waals surface area (Å²) in [6, 6.07) is 14.9. The first kappa shape index (κ1) is 18.2. The Morgan fingerprint density at radius 1 is 1.07 bits per heavy atom. The summed E-state index contributed by atoms with van der Waals surface area (Å²) in [5, 5.41) is 5.86. The molecule has 6 heteroatoms. The van der Waals surface area contributed by atoms with Gasteiger partial charge >= 0.3 is 0 Å². The first-order chi connectivity index (χ1) is 13.5. The molecule has 6 nitrogen and oxygen atoms in total. The second-order valence-electron chi connectivity index (χ2n) is 7.51. The van der Waals surface area contributed by atoms with Gasteiger partial charge in [0.25, 0.3) is 5.91 Å². The van der Waals surface area contributed by atoms with E-state index in [0.29, 0.717) is 17.8 Å². The molecule has 2 fully saturated rings. The highest BCUT2D eigenvalue weighted by Crippen LogP contribution is 2.27. The number of carbonyl (C=O) groups excluding carboxylic acids is 3. The molecule has 0 aromatic heterocycles. The Kier molecular flexibility index (Phi) is 4.86. The summed E-state index contributed by atoms with van der Waals surface area (Å²) in [6.07, 6.45) is 2.23. The molecule has 2 N–H and O–H groups in total. The average molecular weight is 377 g/mol. The lowest BCUT2D eigenvalue weighted by molar-refractivity contribution is -0.122. The fraction of sp³-hybridized carbons (Fsp3) is 0.318. The molecule has 0 bridgehead atoms. The van der Waals surface area contributed by atoms with Crippen molar-refractivity contribution in [2.75, 3.05) is 16.8 Å². The van der Waals surface area contributed by atoms with Gasteiger partial charge in [-0.25, -0.2) is 0 Å². The fourth-order valence-corrected chi connectivity index (χ4v) is 3.37. The summed E-state index contributed by atoms with van der Waals surface area (Å²) in [6.45, 7) is 2.24. The molecular formula is C22H23N3O3. The summed E-state index contributed by atoms with van der Waals surface area (Å²) < 4.78 is 0. The van der Waals surface area contributed by atoms with E-state index in [2.05, 4.69) is 10.6 Å². The first-order valence-electron chi connectivity index (χ1n) is 9.59. The number of rotatable bonds is 5. The van der Waals surface area contributed by atoms with E-state index in [1.807, 2.05) is 43.3 Å². The van der Waals surface area contributed by atoms with Crippen molar-refractivity contribution in [1.82, 2.24) is 5.32 Å². The van der Waals surface area contributed by atoms with Crippen LogP contribution >= 0.6 is 0 Å². The number of amides is 3. The number of nitrogens with zero attached hydrogens (tertiary/aromatic N) is 1. The zero-order valence-electron chi connectivity index (χ0n) is 15.8. The largest absolute Gasteiger partial charge is 0.349 e. The van der Waals surface area contributed by atoms with Crippen LogP contribution in [0.2, 0.25) is 0 Å². The molecule has 2 aliphatic rings. The Morgan fingerprint density at radius 2 is 1.82 bits per heavy atom. The molecule has 1 heterocycles. The van der Waals surface area contributed by atoms with E-state index < -0.39 is 5.92 Å². The van der Waals surface area contributed by atoms with Gasteiger partial charge in [0, 0.05) is 35.9 Å². The van der Waals surface area contributed by atoms with Crippen LogP contribution in [0.4, 0.5) is 11.4 Å². The minimum Gasteiger partial charge on any atom is -0.349 e. The molecular weight excluding hydrogens is 354 g/mol. The summed E-state index contributed by atoms with van der Waals surface area (Å²) in [4.78, 5) is 39.0. The van der Waals surface area contributed by atoms with Gasteiger partial charge in [-0.3, -0.25) is 14.4 Å².